The topological polar surface area (TPSA) is 98.1 Å². The van der Waals surface area contributed by atoms with Gasteiger partial charge >= 0.3 is 0 Å². The van der Waals surface area contributed by atoms with E-state index < -0.39 is 0 Å². The van der Waals surface area contributed by atoms with E-state index in [2.05, 4.69) is 10.1 Å². The van der Waals surface area contributed by atoms with Gasteiger partial charge in [0.15, 0.2) is 5.84 Å². The van der Waals surface area contributed by atoms with Crippen LogP contribution in [-0.2, 0) is 0 Å². The van der Waals surface area contributed by atoms with Gasteiger partial charge in [-0.15, -0.1) is 0 Å². The minimum atomic E-state index is 0.101. The van der Waals surface area contributed by atoms with Crippen molar-refractivity contribution in [3.63, 3.8) is 0 Å². The summed E-state index contributed by atoms with van der Waals surface area (Å²) in [5.74, 6) is 0.407. The minimum Gasteiger partial charge on any atom is -0.508 e. The van der Waals surface area contributed by atoms with Crippen LogP contribution in [0.4, 0.5) is 11.4 Å². The van der Waals surface area contributed by atoms with Crippen molar-refractivity contribution in [1.82, 2.24) is 5.01 Å². The Hall–Kier alpha value is -2.37. The summed E-state index contributed by atoms with van der Waals surface area (Å²) in [7, 11) is 0. The Labute approximate surface area is 118 Å². The number of nitrogens with two attached hydrogens (primary N) is 1. The first kappa shape index (κ1) is 14.0. The van der Waals surface area contributed by atoms with Crippen molar-refractivity contribution < 1.29 is 5.11 Å². The number of benzene rings is 1. The lowest BCUT2D eigenvalue weighted by Crippen LogP contribution is -2.31. The summed E-state index contributed by atoms with van der Waals surface area (Å²) in [6.07, 6.45) is 0. The number of nitrogens with one attached hydrogen (secondary N) is 1. The Bertz CT molecular complexity index is 631. The van der Waals surface area contributed by atoms with Gasteiger partial charge in [0.1, 0.15) is 11.5 Å². The van der Waals surface area contributed by atoms with Crippen LogP contribution in [0.15, 0.2) is 22.2 Å². The summed E-state index contributed by atoms with van der Waals surface area (Å²) in [6, 6.07) is 3.28. The fourth-order valence-electron chi connectivity index (χ4n) is 1.96. The monoisotopic (exact) mass is 273 g/mol. The van der Waals surface area contributed by atoms with Gasteiger partial charge in [-0.3, -0.25) is 5.41 Å². The first-order chi connectivity index (χ1) is 9.31. The van der Waals surface area contributed by atoms with Gasteiger partial charge in [0.05, 0.1) is 17.1 Å². The maximum atomic E-state index is 9.60. The Morgan fingerprint density at radius 3 is 2.55 bits per heavy atom. The fraction of sp³-hybridized carbons (Fsp3) is 0.357. The van der Waals surface area contributed by atoms with E-state index in [1.807, 2.05) is 20.8 Å². The molecular weight excluding hydrogens is 254 g/mol. The molecule has 0 radical (unpaired) electrons. The second-order valence-electron chi connectivity index (χ2n) is 5.13. The molecule has 0 saturated heterocycles. The number of phenolic OH excluding ortho intramolecular Hbond substituents is 1. The zero-order valence-electron chi connectivity index (χ0n) is 12.1. The number of hydrogen-bond acceptors (Lipinski definition) is 5. The number of amidine groups is 1. The zero-order valence-corrected chi connectivity index (χ0v) is 12.1. The largest absolute Gasteiger partial charge is 0.508 e. The standard InChI is InChI=1S/C14H19N5O/c1-7(2)19-14(16)13(9(4)18-19)17-11-5-8(3)12(20)6-10(11)15/h5-7,16,20H,15H2,1-4H3. The Morgan fingerprint density at radius 2 is 2.00 bits per heavy atom. The van der Waals surface area contributed by atoms with Crippen molar-refractivity contribution in [2.45, 2.75) is 33.7 Å². The lowest BCUT2D eigenvalue weighted by atomic mass is 10.1. The van der Waals surface area contributed by atoms with Crippen LogP contribution in [0.5, 0.6) is 5.75 Å². The molecule has 1 aromatic carbocycles. The Kier molecular flexibility index (Phi) is 3.48. The van der Waals surface area contributed by atoms with Gasteiger partial charge in [-0.05, 0) is 39.3 Å². The highest BCUT2D eigenvalue weighted by atomic mass is 16.3. The highest BCUT2D eigenvalue weighted by Gasteiger charge is 2.27. The molecular formula is C14H19N5O. The third-order valence-electron chi connectivity index (χ3n) is 3.12. The fourth-order valence-corrected chi connectivity index (χ4v) is 1.96. The average molecular weight is 273 g/mol. The van der Waals surface area contributed by atoms with Crippen molar-refractivity contribution in [2.75, 3.05) is 5.73 Å². The molecule has 2 rings (SSSR count). The molecule has 0 bridgehead atoms. The van der Waals surface area contributed by atoms with E-state index >= 15 is 0 Å². The molecule has 1 aliphatic heterocycles. The maximum absolute atomic E-state index is 9.60. The van der Waals surface area contributed by atoms with E-state index in [4.69, 9.17) is 11.1 Å². The molecule has 0 aliphatic carbocycles. The molecule has 1 aliphatic rings. The molecule has 0 saturated carbocycles. The molecule has 4 N–H and O–H groups in total. The van der Waals surface area contributed by atoms with Gasteiger partial charge in [-0.1, -0.05) is 0 Å². The van der Waals surface area contributed by atoms with E-state index in [0.29, 0.717) is 28.4 Å². The lowest BCUT2D eigenvalue weighted by molar-refractivity contribution is 0.376. The number of hydrazone groups is 1. The SMILES string of the molecule is CC1=NN(C(C)C)C(=N)C1=Nc1cc(C)c(O)cc1N. The summed E-state index contributed by atoms with van der Waals surface area (Å²) >= 11 is 0. The molecule has 6 heteroatoms. The number of hydrogen-bond donors (Lipinski definition) is 3. The number of rotatable bonds is 2. The lowest BCUT2D eigenvalue weighted by Gasteiger charge is -2.17. The summed E-state index contributed by atoms with van der Waals surface area (Å²) in [5, 5.41) is 23.7. The van der Waals surface area contributed by atoms with Crippen LogP contribution in [0.25, 0.3) is 0 Å². The van der Waals surface area contributed by atoms with Crippen molar-refractivity contribution >= 4 is 28.6 Å². The van der Waals surface area contributed by atoms with Crippen LogP contribution in [0, 0.1) is 12.3 Å². The molecule has 0 spiro atoms. The summed E-state index contributed by atoms with van der Waals surface area (Å²) < 4.78 is 0. The molecule has 0 amide bonds. The molecule has 20 heavy (non-hydrogen) atoms. The number of nitrogen functional groups attached to an aromatic ring is 1. The van der Waals surface area contributed by atoms with E-state index in [1.165, 1.54) is 6.07 Å². The molecule has 0 atom stereocenters. The van der Waals surface area contributed by atoms with Crippen LogP contribution in [-0.4, -0.2) is 33.4 Å². The third-order valence-corrected chi connectivity index (χ3v) is 3.12. The zero-order chi connectivity index (χ0) is 15.0. The third kappa shape index (κ3) is 2.36. The van der Waals surface area contributed by atoms with Gasteiger partial charge in [-0.2, -0.15) is 5.10 Å². The van der Waals surface area contributed by atoms with Crippen molar-refractivity contribution in [3.8, 4) is 5.75 Å². The van der Waals surface area contributed by atoms with Crippen LogP contribution in [0.3, 0.4) is 0 Å². The molecule has 0 fully saturated rings. The number of anilines is 1. The number of aliphatic imine (C=N–C) groups is 1. The van der Waals surface area contributed by atoms with Gasteiger partial charge in [0, 0.05) is 12.1 Å². The van der Waals surface area contributed by atoms with E-state index in [0.717, 1.165) is 0 Å². The highest BCUT2D eigenvalue weighted by molar-refractivity contribution is 6.69. The van der Waals surface area contributed by atoms with Crippen molar-refractivity contribution in [3.05, 3.63) is 17.7 Å². The normalized spacial score (nSPS) is 17.2. The van der Waals surface area contributed by atoms with Gasteiger partial charge in [0.2, 0.25) is 0 Å². The number of aromatic hydroxyl groups is 1. The minimum absolute atomic E-state index is 0.101. The second-order valence-corrected chi connectivity index (χ2v) is 5.13. The predicted molar refractivity (Wildman–Crippen MR) is 82.2 cm³/mol. The predicted octanol–water partition coefficient (Wildman–Crippen LogP) is 2.43. The van der Waals surface area contributed by atoms with Crippen LogP contribution < -0.4 is 5.73 Å². The van der Waals surface area contributed by atoms with E-state index in [9.17, 15) is 5.11 Å². The van der Waals surface area contributed by atoms with Gasteiger partial charge in [0.25, 0.3) is 0 Å². The first-order valence-corrected chi connectivity index (χ1v) is 6.42. The Balaban J connectivity index is 2.45. The van der Waals surface area contributed by atoms with Crippen LogP contribution in [0.2, 0.25) is 0 Å². The number of aryl methyl sites for hydroxylation is 1. The summed E-state index contributed by atoms with van der Waals surface area (Å²) in [5.41, 5.74) is 8.67. The van der Waals surface area contributed by atoms with Crippen molar-refractivity contribution in [2.24, 2.45) is 10.1 Å². The average Bonchev–Trinajstić information content (AvgIpc) is 2.63. The van der Waals surface area contributed by atoms with Gasteiger partial charge < -0.3 is 10.8 Å². The molecule has 6 nitrogen and oxygen atoms in total. The van der Waals surface area contributed by atoms with Crippen LogP contribution in [0.1, 0.15) is 26.3 Å². The summed E-state index contributed by atoms with van der Waals surface area (Å²) in [6.45, 7) is 7.53. The molecule has 0 unspecified atom stereocenters. The second kappa shape index (κ2) is 4.96. The molecule has 1 aromatic rings. The highest BCUT2D eigenvalue weighted by Crippen LogP contribution is 2.30. The quantitative estimate of drug-likeness (QED) is 0.722. The molecule has 1 heterocycles. The number of phenols is 1. The summed E-state index contributed by atoms with van der Waals surface area (Å²) in [4.78, 5) is 4.44. The number of nitrogens with zero attached hydrogens (tertiary/aromatic N) is 3. The first-order valence-electron chi connectivity index (χ1n) is 6.42. The molecule has 0 aromatic heterocycles. The van der Waals surface area contributed by atoms with Crippen LogP contribution >= 0.6 is 0 Å². The Morgan fingerprint density at radius 1 is 1.35 bits per heavy atom. The molecule has 106 valence electrons. The smallest absolute Gasteiger partial charge is 0.169 e. The van der Waals surface area contributed by atoms with E-state index in [-0.39, 0.29) is 17.6 Å². The van der Waals surface area contributed by atoms with E-state index in [1.54, 1.807) is 18.0 Å². The van der Waals surface area contributed by atoms with Crippen molar-refractivity contribution in [1.29, 1.82) is 5.41 Å². The van der Waals surface area contributed by atoms with Gasteiger partial charge in [-0.25, -0.2) is 10.0 Å². The maximum Gasteiger partial charge on any atom is 0.169 e.